The standard InChI is InChI=1S/C14H21N3O3S/c1-9-12(10(2)20-16-9)7-21-8-13(18)17-5-3-4-11(6-17)14(15)19/h11H,3-8H2,1-2H3,(H2,15,19)/t11-/m0/s1. The molecule has 0 spiro atoms. The van der Waals surface area contributed by atoms with Crippen LogP contribution in [0.15, 0.2) is 4.52 Å². The summed E-state index contributed by atoms with van der Waals surface area (Å²) >= 11 is 1.54. The molecule has 1 aromatic rings. The number of amides is 2. The Balaban J connectivity index is 1.80. The van der Waals surface area contributed by atoms with Crippen LogP contribution in [0.25, 0.3) is 0 Å². The van der Waals surface area contributed by atoms with Crippen molar-refractivity contribution in [2.75, 3.05) is 18.8 Å². The predicted molar refractivity (Wildman–Crippen MR) is 80.6 cm³/mol. The highest BCUT2D eigenvalue weighted by atomic mass is 32.2. The summed E-state index contributed by atoms with van der Waals surface area (Å²) in [5.74, 6) is 1.47. The predicted octanol–water partition coefficient (Wildman–Crippen LogP) is 1.25. The first-order valence-electron chi connectivity index (χ1n) is 7.05. The van der Waals surface area contributed by atoms with Gasteiger partial charge in [0, 0.05) is 24.4 Å². The lowest BCUT2D eigenvalue weighted by Gasteiger charge is -2.31. The molecular formula is C14H21N3O3S. The highest BCUT2D eigenvalue weighted by Crippen LogP contribution is 2.21. The molecule has 1 atom stereocenters. The second-order valence-corrected chi connectivity index (χ2v) is 6.36. The van der Waals surface area contributed by atoms with E-state index in [1.54, 1.807) is 16.7 Å². The van der Waals surface area contributed by atoms with E-state index in [1.165, 1.54) is 0 Å². The molecule has 0 bridgehead atoms. The van der Waals surface area contributed by atoms with Crippen LogP contribution in [0.1, 0.15) is 29.9 Å². The maximum Gasteiger partial charge on any atom is 0.232 e. The average molecular weight is 311 g/mol. The fourth-order valence-electron chi connectivity index (χ4n) is 2.48. The topological polar surface area (TPSA) is 89.4 Å². The number of carbonyl (C=O) groups excluding carboxylic acids is 2. The van der Waals surface area contributed by atoms with Gasteiger partial charge in [-0.1, -0.05) is 5.16 Å². The average Bonchev–Trinajstić information content (AvgIpc) is 2.79. The van der Waals surface area contributed by atoms with Crippen molar-refractivity contribution in [3.05, 3.63) is 17.0 Å². The summed E-state index contributed by atoms with van der Waals surface area (Å²) in [5.41, 5.74) is 7.26. The Morgan fingerprint density at radius 1 is 1.48 bits per heavy atom. The third kappa shape index (κ3) is 4.00. The van der Waals surface area contributed by atoms with Gasteiger partial charge >= 0.3 is 0 Å². The molecule has 21 heavy (non-hydrogen) atoms. The van der Waals surface area contributed by atoms with E-state index < -0.39 is 0 Å². The van der Waals surface area contributed by atoms with Crippen LogP contribution in [0.4, 0.5) is 0 Å². The number of hydrogen-bond acceptors (Lipinski definition) is 5. The molecule has 1 aliphatic heterocycles. The number of hydrogen-bond donors (Lipinski definition) is 1. The van der Waals surface area contributed by atoms with Gasteiger partial charge in [0.2, 0.25) is 11.8 Å². The lowest BCUT2D eigenvalue weighted by atomic mass is 9.97. The minimum Gasteiger partial charge on any atom is -0.369 e. The van der Waals surface area contributed by atoms with Gasteiger partial charge in [-0.25, -0.2) is 0 Å². The first-order chi connectivity index (χ1) is 9.99. The summed E-state index contributed by atoms with van der Waals surface area (Å²) in [6.07, 6.45) is 1.62. The summed E-state index contributed by atoms with van der Waals surface area (Å²) < 4.78 is 5.10. The molecule has 0 radical (unpaired) electrons. The van der Waals surface area contributed by atoms with Crippen molar-refractivity contribution >= 4 is 23.6 Å². The van der Waals surface area contributed by atoms with Gasteiger partial charge in [0.1, 0.15) is 5.76 Å². The highest BCUT2D eigenvalue weighted by Gasteiger charge is 2.26. The summed E-state index contributed by atoms with van der Waals surface area (Å²) in [4.78, 5) is 25.2. The monoisotopic (exact) mass is 311 g/mol. The van der Waals surface area contributed by atoms with Crippen molar-refractivity contribution in [1.29, 1.82) is 0 Å². The van der Waals surface area contributed by atoms with Crippen molar-refractivity contribution in [3.63, 3.8) is 0 Å². The molecule has 0 unspecified atom stereocenters. The van der Waals surface area contributed by atoms with Crippen LogP contribution in [0.2, 0.25) is 0 Å². The number of likely N-dealkylation sites (tertiary alicyclic amines) is 1. The molecule has 1 saturated heterocycles. The minimum atomic E-state index is -0.309. The van der Waals surface area contributed by atoms with Crippen LogP contribution in [-0.4, -0.2) is 40.7 Å². The van der Waals surface area contributed by atoms with Crippen molar-refractivity contribution in [1.82, 2.24) is 10.1 Å². The third-order valence-electron chi connectivity index (χ3n) is 3.83. The summed E-state index contributed by atoms with van der Waals surface area (Å²) in [6.45, 7) is 4.95. The van der Waals surface area contributed by atoms with E-state index in [-0.39, 0.29) is 17.7 Å². The fourth-order valence-corrected chi connectivity index (χ4v) is 3.55. The molecule has 0 aromatic carbocycles. The van der Waals surface area contributed by atoms with Gasteiger partial charge in [0.15, 0.2) is 0 Å². The Labute approximate surface area is 128 Å². The molecule has 2 N–H and O–H groups in total. The van der Waals surface area contributed by atoms with E-state index >= 15 is 0 Å². The third-order valence-corrected chi connectivity index (χ3v) is 4.77. The van der Waals surface area contributed by atoms with E-state index in [4.69, 9.17) is 10.3 Å². The molecule has 1 fully saturated rings. The van der Waals surface area contributed by atoms with Gasteiger partial charge in [-0.3, -0.25) is 9.59 Å². The largest absolute Gasteiger partial charge is 0.369 e. The number of thioether (sulfide) groups is 1. The number of aryl methyl sites for hydroxylation is 2. The van der Waals surface area contributed by atoms with Gasteiger partial charge in [-0.2, -0.15) is 0 Å². The Bertz CT molecular complexity index is 510. The van der Waals surface area contributed by atoms with Crippen LogP contribution in [0.5, 0.6) is 0 Å². The second kappa shape index (κ2) is 6.98. The van der Waals surface area contributed by atoms with Crippen LogP contribution < -0.4 is 5.73 Å². The highest BCUT2D eigenvalue weighted by molar-refractivity contribution is 7.99. The smallest absolute Gasteiger partial charge is 0.232 e. The molecular weight excluding hydrogens is 290 g/mol. The van der Waals surface area contributed by atoms with Gasteiger partial charge < -0.3 is 15.2 Å². The van der Waals surface area contributed by atoms with Crippen LogP contribution in [0, 0.1) is 19.8 Å². The first kappa shape index (κ1) is 15.9. The number of nitrogens with zero attached hydrogens (tertiary/aromatic N) is 2. The molecule has 1 aliphatic rings. The zero-order valence-corrected chi connectivity index (χ0v) is 13.2. The number of primary amides is 1. The van der Waals surface area contributed by atoms with Crippen molar-refractivity contribution in [2.45, 2.75) is 32.4 Å². The Kier molecular flexibility index (Phi) is 5.27. The second-order valence-electron chi connectivity index (χ2n) is 5.38. The number of carbonyl (C=O) groups is 2. The van der Waals surface area contributed by atoms with Crippen molar-refractivity contribution < 1.29 is 14.1 Å². The van der Waals surface area contributed by atoms with E-state index in [0.717, 1.165) is 29.9 Å². The minimum absolute atomic E-state index is 0.0673. The first-order valence-corrected chi connectivity index (χ1v) is 8.21. The Morgan fingerprint density at radius 2 is 2.24 bits per heavy atom. The SMILES string of the molecule is Cc1noc(C)c1CSCC(=O)N1CCC[C@H](C(N)=O)C1. The molecule has 0 saturated carbocycles. The number of piperidine rings is 1. The van der Waals surface area contributed by atoms with Gasteiger partial charge in [-0.15, -0.1) is 11.8 Å². The molecule has 6 nitrogen and oxygen atoms in total. The lowest BCUT2D eigenvalue weighted by molar-refractivity contribution is -0.132. The zero-order chi connectivity index (χ0) is 15.4. The number of aromatic nitrogens is 1. The summed E-state index contributed by atoms with van der Waals surface area (Å²) in [5, 5.41) is 3.90. The van der Waals surface area contributed by atoms with Gasteiger partial charge in [0.25, 0.3) is 0 Å². The van der Waals surface area contributed by atoms with Crippen LogP contribution in [-0.2, 0) is 15.3 Å². The molecule has 2 amide bonds. The molecule has 2 heterocycles. The van der Waals surface area contributed by atoms with Crippen LogP contribution in [0.3, 0.4) is 0 Å². The summed E-state index contributed by atoms with van der Waals surface area (Å²) in [7, 11) is 0. The van der Waals surface area contributed by atoms with Gasteiger partial charge in [0.05, 0.1) is 17.4 Å². The zero-order valence-electron chi connectivity index (χ0n) is 12.4. The molecule has 7 heteroatoms. The molecule has 0 aliphatic carbocycles. The quantitative estimate of drug-likeness (QED) is 0.884. The maximum atomic E-state index is 12.2. The number of nitrogens with two attached hydrogens (primary N) is 1. The maximum absolute atomic E-state index is 12.2. The van der Waals surface area contributed by atoms with Crippen molar-refractivity contribution in [2.24, 2.45) is 11.7 Å². The number of rotatable bonds is 5. The van der Waals surface area contributed by atoms with E-state index in [0.29, 0.717) is 24.6 Å². The van der Waals surface area contributed by atoms with Crippen molar-refractivity contribution in [3.8, 4) is 0 Å². The molecule has 1 aromatic heterocycles. The molecule has 116 valence electrons. The van der Waals surface area contributed by atoms with E-state index in [2.05, 4.69) is 5.16 Å². The molecule has 2 rings (SSSR count). The van der Waals surface area contributed by atoms with E-state index in [1.807, 2.05) is 13.8 Å². The normalized spacial score (nSPS) is 18.8. The summed E-state index contributed by atoms with van der Waals surface area (Å²) in [6, 6.07) is 0. The van der Waals surface area contributed by atoms with Crippen LogP contribution >= 0.6 is 11.8 Å². The van der Waals surface area contributed by atoms with E-state index in [9.17, 15) is 9.59 Å². The van der Waals surface area contributed by atoms with Gasteiger partial charge in [-0.05, 0) is 26.7 Å². The lowest BCUT2D eigenvalue weighted by Crippen LogP contribution is -2.44. The Morgan fingerprint density at radius 3 is 2.86 bits per heavy atom. The Hall–Kier alpha value is -1.50. The fraction of sp³-hybridized carbons (Fsp3) is 0.643.